The Morgan fingerprint density at radius 3 is 2.29 bits per heavy atom. The van der Waals surface area contributed by atoms with Crippen LogP contribution in [0.1, 0.15) is 44.2 Å². The normalized spacial score (nSPS) is 18.1. The van der Waals surface area contributed by atoms with Crippen molar-refractivity contribution in [3.63, 3.8) is 0 Å². The molecule has 96 valence electrons. The Morgan fingerprint density at radius 2 is 1.82 bits per heavy atom. The van der Waals surface area contributed by atoms with E-state index in [1.165, 1.54) is 38.5 Å². The Balaban J connectivity index is 2.20. The molecular formula is C13H24N4. The highest BCUT2D eigenvalue weighted by Gasteiger charge is 2.22. The number of nitrogen functional groups attached to an aromatic ring is 1. The molecule has 1 fully saturated rings. The zero-order valence-corrected chi connectivity index (χ0v) is 11.2. The summed E-state index contributed by atoms with van der Waals surface area (Å²) in [6.45, 7) is 1.97. The van der Waals surface area contributed by atoms with Gasteiger partial charge in [-0.1, -0.05) is 25.7 Å². The van der Waals surface area contributed by atoms with Crippen LogP contribution in [0, 0.1) is 6.92 Å². The molecule has 4 nitrogen and oxygen atoms in total. The summed E-state index contributed by atoms with van der Waals surface area (Å²) in [7, 11) is 4.13. The van der Waals surface area contributed by atoms with Crippen molar-refractivity contribution in [3.05, 3.63) is 5.69 Å². The third-order valence-corrected chi connectivity index (χ3v) is 3.94. The highest BCUT2D eigenvalue weighted by molar-refractivity contribution is 5.66. The minimum Gasteiger partial charge on any atom is -0.394 e. The van der Waals surface area contributed by atoms with Gasteiger partial charge in [-0.05, 0) is 19.8 Å². The van der Waals surface area contributed by atoms with Crippen LogP contribution in [-0.4, -0.2) is 22.9 Å². The molecule has 0 unspecified atom stereocenters. The van der Waals surface area contributed by atoms with Gasteiger partial charge >= 0.3 is 0 Å². The minimum atomic E-state index is 0.620. The Kier molecular flexibility index (Phi) is 3.60. The van der Waals surface area contributed by atoms with E-state index < -0.39 is 0 Å². The second-order valence-electron chi connectivity index (χ2n) is 5.20. The largest absolute Gasteiger partial charge is 0.394 e. The monoisotopic (exact) mass is 236 g/mol. The third-order valence-electron chi connectivity index (χ3n) is 3.94. The summed E-state index contributed by atoms with van der Waals surface area (Å²) in [5.41, 5.74) is 7.89. The summed E-state index contributed by atoms with van der Waals surface area (Å²) in [5.74, 6) is 1.08. The maximum atomic E-state index is 6.13. The number of aryl methyl sites for hydroxylation is 2. The molecule has 1 aromatic heterocycles. The van der Waals surface area contributed by atoms with Crippen molar-refractivity contribution in [2.24, 2.45) is 7.05 Å². The van der Waals surface area contributed by atoms with Crippen molar-refractivity contribution in [2.45, 2.75) is 51.5 Å². The highest BCUT2D eigenvalue weighted by atomic mass is 15.4. The van der Waals surface area contributed by atoms with Crippen molar-refractivity contribution in [1.82, 2.24) is 9.78 Å². The van der Waals surface area contributed by atoms with Crippen LogP contribution < -0.4 is 10.6 Å². The van der Waals surface area contributed by atoms with Crippen molar-refractivity contribution in [3.8, 4) is 0 Å². The quantitative estimate of drug-likeness (QED) is 0.802. The first-order valence-corrected chi connectivity index (χ1v) is 6.63. The van der Waals surface area contributed by atoms with Gasteiger partial charge in [-0.25, -0.2) is 0 Å². The molecule has 0 amide bonds. The van der Waals surface area contributed by atoms with E-state index in [1.54, 1.807) is 0 Å². The average Bonchev–Trinajstić information content (AvgIpc) is 2.52. The molecule has 1 aliphatic carbocycles. The first-order valence-electron chi connectivity index (χ1n) is 6.63. The Bertz CT molecular complexity index is 375. The van der Waals surface area contributed by atoms with Gasteiger partial charge in [0.2, 0.25) is 0 Å². The van der Waals surface area contributed by atoms with Crippen molar-refractivity contribution < 1.29 is 0 Å². The first kappa shape index (κ1) is 12.3. The van der Waals surface area contributed by atoms with Gasteiger partial charge in [0.05, 0.1) is 11.4 Å². The van der Waals surface area contributed by atoms with Gasteiger partial charge in [0, 0.05) is 20.1 Å². The SMILES string of the molecule is Cc1nn(C)c(N(C)C2CCCCCC2)c1N. The summed E-state index contributed by atoms with van der Waals surface area (Å²) in [6.07, 6.45) is 7.99. The summed E-state index contributed by atoms with van der Waals surface area (Å²) < 4.78 is 1.91. The predicted octanol–water partition coefficient (Wildman–Crippen LogP) is 2.47. The van der Waals surface area contributed by atoms with Crippen LogP contribution in [0.15, 0.2) is 0 Å². The van der Waals surface area contributed by atoms with Gasteiger partial charge < -0.3 is 10.6 Å². The minimum absolute atomic E-state index is 0.620. The van der Waals surface area contributed by atoms with E-state index in [2.05, 4.69) is 17.0 Å². The Labute approximate surface area is 104 Å². The maximum absolute atomic E-state index is 6.13. The van der Waals surface area contributed by atoms with E-state index in [-0.39, 0.29) is 0 Å². The predicted molar refractivity (Wildman–Crippen MR) is 72.3 cm³/mol. The van der Waals surface area contributed by atoms with Crippen LogP contribution in [0.3, 0.4) is 0 Å². The number of nitrogens with zero attached hydrogens (tertiary/aromatic N) is 3. The number of hydrogen-bond donors (Lipinski definition) is 1. The fraction of sp³-hybridized carbons (Fsp3) is 0.769. The van der Waals surface area contributed by atoms with Crippen LogP contribution in [0.5, 0.6) is 0 Å². The maximum Gasteiger partial charge on any atom is 0.150 e. The van der Waals surface area contributed by atoms with Gasteiger partial charge in [0.1, 0.15) is 5.82 Å². The lowest BCUT2D eigenvalue weighted by Crippen LogP contribution is -2.33. The van der Waals surface area contributed by atoms with Crippen LogP contribution >= 0.6 is 0 Å². The lowest BCUT2D eigenvalue weighted by Gasteiger charge is -2.29. The first-order chi connectivity index (χ1) is 8.11. The molecule has 1 aromatic rings. The number of nitrogens with two attached hydrogens (primary N) is 1. The molecule has 0 aromatic carbocycles. The molecule has 0 radical (unpaired) electrons. The Morgan fingerprint density at radius 1 is 1.24 bits per heavy atom. The lowest BCUT2D eigenvalue weighted by molar-refractivity contribution is 0.540. The number of aromatic nitrogens is 2. The molecule has 0 aliphatic heterocycles. The van der Waals surface area contributed by atoms with E-state index in [0.29, 0.717) is 6.04 Å². The highest BCUT2D eigenvalue weighted by Crippen LogP contribution is 2.30. The molecule has 0 atom stereocenters. The van der Waals surface area contributed by atoms with E-state index in [1.807, 2.05) is 18.7 Å². The molecule has 4 heteroatoms. The van der Waals surface area contributed by atoms with Gasteiger partial charge in [0.15, 0.2) is 0 Å². The van der Waals surface area contributed by atoms with Gasteiger partial charge in [-0.3, -0.25) is 4.68 Å². The summed E-state index contributed by atoms with van der Waals surface area (Å²) in [6, 6.07) is 0.620. The van der Waals surface area contributed by atoms with Crippen LogP contribution in [0.2, 0.25) is 0 Å². The molecule has 1 saturated carbocycles. The van der Waals surface area contributed by atoms with Gasteiger partial charge in [-0.2, -0.15) is 5.10 Å². The second-order valence-corrected chi connectivity index (χ2v) is 5.20. The smallest absolute Gasteiger partial charge is 0.150 e. The van der Waals surface area contributed by atoms with E-state index in [0.717, 1.165) is 17.2 Å². The van der Waals surface area contributed by atoms with Crippen LogP contribution in [-0.2, 0) is 7.05 Å². The van der Waals surface area contributed by atoms with Crippen LogP contribution in [0.4, 0.5) is 11.5 Å². The molecule has 2 N–H and O–H groups in total. The van der Waals surface area contributed by atoms with E-state index in [4.69, 9.17) is 5.73 Å². The summed E-state index contributed by atoms with van der Waals surface area (Å²) >= 11 is 0. The molecule has 0 spiro atoms. The fourth-order valence-corrected chi connectivity index (χ4v) is 2.90. The van der Waals surface area contributed by atoms with Crippen molar-refractivity contribution in [1.29, 1.82) is 0 Å². The van der Waals surface area contributed by atoms with E-state index in [9.17, 15) is 0 Å². The van der Waals surface area contributed by atoms with E-state index >= 15 is 0 Å². The zero-order chi connectivity index (χ0) is 12.4. The molecule has 17 heavy (non-hydrogen) atoms. The molecule has 1 aliphatic rings. The molecule has 0 saturated heterocycles. The van der Waals surface area contributed by atoms with Gasteiger partial charge in [-0.15, -0.1) is 0 Å². The second kappa shape index (κ2) is 4.98. The third kappa shape index (κ3) is 2.40. The fourth-order valence-electron chi connectivity index (χ4n) is 2.90. The topological polar surface area (TPSA) is 47.1 Å². The number of anilines is 2. The van der Waals surface area contributed by atoms with Gasteiger partial charge in [0.25, 0.3) is 0 Å². The number of rotatable bonds is 2. The molecule has 1 heterocycles. The molecule has 2 rings (SSSR count). The summed E-state index contributed by atoms with van der Waals surface area (Å²) in [4.78, 5) is 2.33. The van der Waals surface area contributed by atoms with Crippen molar-refractivity contribution in [2.75, 3.05) is 17.7 Å². The molecular weight excluding hydrogens is 212 g/mol. The molecule has 0 bridgehead atoms. The Hall–Kier alpha value is -1.19. The average molecular weight is 236 g/mol. The zero-order valence-electron chi connectivity index (χ0n) is 11.2. The van der Waals surface area contributed by atoms with Crippen molar-refractivity contribution >= 4 is 11.5 Å². The number of hydrogen-bond acceptors (Lipinski definition) is 3. The standard InChI is InChI=1S/C13H24N4/c1-10-12(14)13(17(3)15-10)16(2)11-8-6-4-5-7-9-11/h11H,4-9,14H2,1-3H3. The van der Waals surface area contributed by atoms with Crippen LogP contribution in [0.25, 0.3) is 0 Å². The lowest BCUT2D eigenvalue weighted by atomic mass is 10.1. The summed E-state index contributed by atoms with van der Waals surface area (Å²) in [5, 5.41) is 4.40.